The summed E-state index contributed by atoms with van der Waals surface area (Å²) in [6.45, 7) is 12.5. The van der Waals surface area contributed by atoms with E-state index in [1.54, 1.807) is 18.3 Å². The Morgan fingerprint density at radius 3 is 2.58 bits per heavy atom. The number of hydrogen-bond donors (Lipinski definition) is 2. The van der Waals surface area contributed by atoms with Crippen molar-refractivity contribution in [1.29, 1.82) is 0 Å². The summed E-state index contributed by atoms with van der Waals surface area (Å²) < 4.78 is 13.5. The first-order chi connectivity index (χ1) is 19.5. The van der Waals surface area contributed by atoms with Crippen LogP contribution in [0.25, 0.3) is 46.0 Å². The van der Waals surface area contributed by atoms with Gasteiger partial charge in [-0.1, -0.05) is 81.7 Å². The van der Waals surface area contributed by atoms with Crippen LogP contribution in [0.2, 0.25) is 0 Å². The Morgan fingerprint density at radius 1 is 1.10 bits per heavy atom. The van der Waals surface area contributed by atoms with Gasteiger partial charge in [0, 0.05) is 17.0 Å². The van der Waals surface area contributed by atoms with Crippen LogP contribution in [-0.4, -0.2) is 25.1 Å². The molecule has 1 fully saturated rings. The zero-order valence-electron chi connectivity index (χ0n) is 23.3. The fourth-order valence-electron chi connectivity index (χ4n) is 5.55. The summed E-state index contributed by atoms with van der Waals surface area (Å²) in [6, 6.07) is 8.32. The normalized spacial score (nSPS) is 16.2. The van der Waals surface area contributed by atoms with Gasteiger partial charge in [-0.25, -0.2) is 14.4 Å². The summed E-state index contributed by atoms with van der Waals surface area (Å²) in [5.41, 5.74) is 7.00. The number of imidazole rings is 1. The number of aromatic amines is 2. The summed E-state index contributed by atoms with van der Waals surface area (Å²) >= 11 is 0. The molecule has 0 radical (unpaired) electrons. The van der Waals surface area contributed by atoms with Crippen molar-refractivity contribution in [1.82, 2.24) is 25.1 Å². The maximum Gasteiger partial charge on any atom is 0.178 e. The van der Waals surface area contributed by atoms with Gasteiger partial charge >= 0.3 is 0 Å². The van der Waals surface area contributed by atoms with Crippen molar-refractivity contribution in [3.8, 4) is 22.6 Å². The average molecular weight is 534 g/mol. The monoisotopic (exact) mass is 533 g/mol. The average Bonchev–Trinajstić information content (AvgIpc) is 3.59. The second-order valence-electron chi connectivity index (χ2n) is 10.4. The van der Waals surface area contributed by atoms with Crippen LogP contribution in [0.1, 0.15) is 52.4 Å². The van der Waals surface area contributed by atoms with E-state index in [2.05, 4.69) is 51.6 Å². The molecule has 0 bridgehead atoms. The van der Waals surface area contributed by atoms with Gasteiger partial charge in [0.05, 0.1) is 10.9 Å². The van der Waals surface area contributed by atoms with Gasteiger partial charge in [-0.05, 0) is 72.7 Å². The molecule has 5 nitrogen and oxygen atoms in total. The topological polar surface area (TPSA) is 70.2 Å². The minimum atomic E-state index is -0.274. The highest BCUT2D eigenvalue weighted by molar-refractivity contribution is 5.91. The molecular weight excluding hydrogens is 497 g/mol. The first-order valence-corrected chi connectivity index (χ1v) is 14.0. The molecule has 2 N–H and O–H groups in total. The molecule has 0 spiro atoms. The lowest BCUT2D eigenvalue weighted by Gasteiger charge is -2.22. The molecule has 0 aliphatic heterocycles. The highest BCUT2D eigenvalue weighted by atomic mass is 19.1. The highest BCUT2D eigenvalue weighted by Gasteiger charge is 2.16. The van der Waals surface area contributed by atoms with Gasteiger partial charge in [-0.15, -0.1) is 0 Å². The molecule has 3 heterocycles. The number of allylic oxidation sites excluding steroid dienone is 6. The van der Waals surface area contributed by atoms with Gasteiger partial charge in [0.2, 0.25) is 0 Å². The van der Waals surface area contributed by atoms with Crippen LogP contribution in [0, 0.1) is 11.7 Å². The molecule has 1 aliphatic carbocycles. The fraction of sp³-hybridized carbons (Fsp3) is 0.265. The number of nitrogens with one attached hydrogen (secondary N) is 2. The Bertz CT molecular complexity index is 1710. The second kappa shape index (κ2) is 12.2. The molecule has 40 heavy (non-hydrogen) atoms. The standard InChI is InChI=1S/C34H36FN5/c1-5-23(20-24-11-9-8-10-12-24)21-25(6-2)22(4)19-29-30(7-3)39-40-32(29)34-37-31-28(17-18-36-33(31)38-34)26-13-15-27(35)16-14-26/h5-7,13-19,21,24,39H,1,4,8-12,20H2,2-3H3,(H,36,37,38)/b23-21+,25-6+,29-19+,30-7+. The van der Waals surface area contributed by atoms with Crippen molar-refractivity contribution in [2.24, 2.45) is 5.92 Å². The third kappa shape index (κ3) is 5.81. The number of pyridine rings is 1. The Kier molecular flexibility index (Phi) is 8.34. The number of hydrogen-bond acceptors (Lipinski definition) is 3. The number of fused-ring (bicyclic) bond motifs is 1. The van der Waals surface area contributed by atoms with E-state index in [-0.39, 0.29) is 5.82 Å². The predicted molar refractivity (Wildman–Crippen MR) is 163 cm³/mol. The number of H-pyrrole nitrogens is 2. The van der Waals surface area contributed by atoms with Crippen LogP contribution in [0.3, 0.4) is 0 Å². The summed E-state index contributed by atoms with van der Waals surface area (Å²) in [5.74, 6) is 1.06. The molecule has 5 rings (SSSR count). The second-order valence-corrected chi connectivity index (χ2v) is 10.4. The fourth-order valence-corrected chi connectivity index (χ4v) is 5.55. The summed E-state index contributed by atoms with van der Waals surface area (Å²) in [6.07, 6.45) is 19.7. The van der Waals surface area contributed by atoms with Gasteiger partial charge in [0.15, 0.2) is 11.5 Å². The molecule has 1 saturated carbocycles. The zero-order valence-corrected chi connectivity index (χ0v) is 23.3. The Hall–Kier alpha value is -4.32. The minimum Gasteiger partial charge on any atom is -0.335 e. The molecule has 0 atom stereocenters. The van der Waals surface area contributed by atoms with Crippen LogP contribution in [-0.2, 0) is 0 Å². The van der Waals surface area contributed by atoms with Gasteiger partial charge in [0.1, 0.15) is 11.5 Å². The van der Waals surface area contributed by atoms with Crippen LogP contribution in [0.5, 0.6) is 0 Å². The molecule has 6 heteroatoms. The Balaban J connectivity index is 1.52. The maximum absolute atomic E-state index is 13.5. The summed E-state index contributed by atoms with van der Waals surface area (Å²) in [4.78, 5) is 12.7. The molecule has 204 valence electrons. The number of benzene rings is 1. The van der Waals surface area contributed by atoms with E-state index in [0.717, 1.165) is 50.7 Å². The Morgan fingerprint density at radius 2 is 1.88 bits per heavy atom. The maximum atomic E-state index is 13.5. The van der Waals surface area contributed by atoms with Crippen molar-refractivity contribution >= 4 is 23.3 Å². The third-order valence-corrected chi connectivity index (χ3v) is 7.75. The first kappa shape index (κ1) is 27.3. The van der Waals surface area contributed by atoms with Crippen LogP contribution in [0.4, 0.5) is 4.39 Å². The molecule has 1 aliphatic rings. The highest BCUT2D eigenvalue weighted by Crippen LogP contribution is 2.30. The molecule has 1 aromatic carbocycles. The quantitative estimate of drug-likeness (QED) is 0.233. The molecule has 0 unspecified atom stereocenters. The van der Waals surface area contributed by atoms with Gasteiger partial charge in [-0.2, -0.15) is 5.10 Å². The first-order valence-electron chi connectivity index (χ1n) is 14.0. The van der Waals surface area contributed by atoms with Gasteiger partial charge < -0.3 is 4.98 Å². The minimum absolute atomic E-state index is 0.274. The van der Waals surface area contributed by atoms with E-state index in [0.29, 0.717) is 17.2 Å². The third-order valence-electron chi connectivity index (χ3n) is 7.75. The lowest BCUT2D eigenvalue weighted by molar-refractivity contribution is 0.358. The van der Waals surface area contributed by atoms with E-state index in [4.69, 9.17) is 4.98 Å². The van der Waals surface area contributed by atoms with Crippen molar-refractivity contribution in [3.05, 3.63) is 101 Å². The van der Waals surface area contributed by atoms with Gasteiger partial charge in [-0.3, -0.25) is 5.10 Å². The van der Waals surface area contributed by atoms with E-state index in [1.165, 1.54) is 49.8 Å². The Labute approximate surface area is 234 Å². The number of nitrogens with zero attached hydrogens (tertiary/aromatic N) is 3. The van der Waals surface area contributed by atoms with E-state index < -0.39 is 0 Å². The number of aromatic nitrogens is 5. The number of rotatable bonds is 8. The zero-order chi connectivity index (χ0) is 28.1. The number of halogens is 1. The molecule has 0 amide bonds. The lowest BCUT2D eigenvalue weighted by atomic mass is 9.84. The van der Waals surface area contributed by atoms with Crippen molar-refractivity contribution in [2.45, 2.75) is 52.4 Å². The molecule has 3 aromatic heterocycles. The van der Waals surface area contributed by atoms with Crippen molar-refractivity contribution < 1.29 is 4.39 Å². The SMILES string of the molecule is C=C/C(=C\C(=C/C)C(=C)/C=c1/c(-c2nc3nccc(-c4ccc(F)cc4)c3[nH]2)n[nH]/c1=C/C)CC1CCCCC1. The largest absolute Gasteiger partial charge is 0.335 e. The lowest BCUT2D eigenvalue weighted by Crippen LogP contribution is -2.24. The van der Waals surface area contributed by atoms with Crippen LogP contribution < -0.4 is 10.6 Å². The predicted octanol–water partition coefficient (Wildman–Crippen LogP) is 7.32. The molecular formula is C34H36FN5. The summed E-state index contributed by atoms with van der Waals surface area (Å²) in [5, 5.41) is 9.53. The molecule has 4 aromatic rings. The van der Waals surface area contributed by atoms with Gasteiger partial charge in [0.25, 0.3) is 0 Å². The van der Waals surface area contributed by atoms with Crippen LogP contribution in [0.15, 0.2) is 84.6 Å². The van der Waals surface area contributed by atoms with Crippen LogP contribution >= 0.6 is 0 Å². The van der Waals surface area contributed by atoms with E-state index in [1.807, 2.05) is 32.1 Å². The smallest absolute Gasteiger partial charge is 0.178 e. The van der Waals surface area contributed by atoms with E-state index in [9.17, 15) is 4.39 Å². The molecule has 0 saturated heterocycles. The van der Waals surface area contributed by atoms with Crippen molar-refractivity contribution in [3.63, 3.8) is 0 Å². The summed E-state index contributed by atoms with van der Waals surface area (Å²) in [7, 11) is 0. The van der Waals surface area contributed by atoms with Crippen molar-refractivity contribution in [2.75, 3.05) is 0 Å². The van der Waals surface area contributed by atoms with E-state index >= 15 is 0 Å².